The number of hydrogen-bond acceptors (Lipinski definition) is 3. The Labute approximate surface area is 339 Å². The van der Waals surface area contributed by atoms with Crippen LogP contribution in [0.25, 0.3) is 71.7 Å². The zero-order chi connectivity index (χ0) is 38.9. The molecule has 0 spiro atoms. The zero-order valence-corrected chi connectivity index (χ0v) is 33.4. The maximum Gasteiger partial charge on any atom is 0.0774 e. The van der Waals surface area contributed by atoms with Gasteiger partial charge in [0.1, 0.15) is 0 Å². The number of pyridine rings is 1. The summed E-state index contributed by atoms with van der Waals surface area (Å²) in [6.07, 6.45) is 1.39. The Morgan fingerprint density at radius 3 is 2.02 bits per heavy atom. The summed E-state index contributed by atoms with van der Waals surface area (Å²) in [5, 5.41) is 4.86. The number of hydrogen-bond donors (Lipinski definition) is 0. The van der Waals surface area contributed by atoms with Crippen molar-refractivity contribution in [1.29, 1.82) is 0 Å². The monoisotopic (exact) mass is 897 g/mol. The molecule has 3 heterocycles. The SMILES string of the molecule is CC(C)(C)c1ccc2s[c-]c(-c3nc4ccccc4n3-c3c(-c4ccccc4)cccc3-c3ccccc3)c2c1.[2H]C([2H])([2H])c1ccc(-c2[c-]cccc2)nc1.[Ir]. The predicted molar refractivity (Wildman–Crippen MR) is 224 cm³/mol. The first kappa shape index (κ1) is 33.1. The average molecular weight is 897 g/mol. The molecular formula is C49H39IrN3S-2. The van der Waals surface area contributed by atoms with Gasteiger partial charge in [-0.05, 0) is 46.8 Å². The van der Waals surface area contributed by atoms with Crippen LogP contribution in [-0.4, -0.2) is 14.5 Å². The number of aromatic nitrogens is 3. The molecule has 3 nitrogen and oxygen atoms in total. The Balaban J connectivity index is 0.000000246. The van der Waals surface area contributed by atoms with Crippen LogP contribution in [0.5, 0.6) is 0 Å². The van der Waals surface area contributed by atoms with Gasteiger partial charge in [0.25, 0.3) is 0 Å². The van der Waals surface area contributed by atoms with E-state index >= 15 is 0 Å². The molecule has 9 aromatic rings. The number of fused-ring (bicyclic) bond motifs is 2. The van der Waals surface area contributed by atoms with Crippen LogP contribution in [0.2, 0.25) is 0 Å². The van der Waals surface area contributed by atoms with Gasteiger partial charge in [0.15, 0.2) is 0 Å². The molecule has 0 saturated carbocycles. The fraction of sp³-hybridized carbons (Fsp3) is 0.102. The molecule has 54 heavy (non-hydrogen) atoms. The summed E-state index contributed by atoms with van der Waals surface area (Å²) in [4.78, 5) is 9.41. The van der Waals surface area contributed by atoms with E-state index in [9.17, 15) is 0 Å². The van der Waals surface area contributed by atoms with Gasteiger partial charge in [-0.25, -0.2) is 0 Å². The van der Waals surface area contributed by atoms with Crippen LogP contribution < -0.4 is 0 Å². The van der Waals surface area contributed by atoms with Crippen LogP contribution in [0.1, 0.15) is 36.0 Å². The molecule has 5 heteroatoms. The fourth-order valence-corrected chi connectivity index (χ4v) is 7.44. The van der Waals surface area contributed by atoms with Gasteiger partial charge in [-0.2, -0.15) is 0 Å². The van der Waals surface area contributed by atoms with Gasteiger partial charge in [-0.1, -0.05) is 157 Å². The summed E-state index contributed by atoms with van der Waals surface area (Å²) in [5.74, 6) is 0.916. The third-order valence-electron chi connectivity index (χ3n) is 9.34. The van der Waals surface area contributed by atoms with Gasteiger partial charge in [0.2, 0.25) is 0 Å². The van der Waals surface area contributed by atoms with Gasteiger partial charge < -0.3 is 9.55 Å². The molecule has 0 unspecified atom stereocenters. The first-order valence-electron chi connectivity index (χ1n) is 19.2. The molecule has 0 aliphatic carbocycles. The van der Waals surface area contributed by atoms with Crippen molar-refractivity contribution in [2.75, 3.05) is 0 Å². The molecule has 0 aliphatic rings. The summed E-state index contributed by atoms with van der Waals surface area (Å²) < 4.78 is 25.3. The summed E-state index contributed by atoms with van der Waals surface area (Å²) in [7, 11) is 0. The molecule has 0 N–H and O–H groups in total. The van der Waals surface area contributed by atoms with Gasteiger partial charge in [0.05, 0.1) is 22.5 Å². The van der Waals surface area contributed by atoms with Gasteiger partial charge in [-0.15, -0.1) is 47.3 Å². The van der Waals surface area contributed by atoms with Crippen molar-refractivity contribution in [3.63, 3.8) is 0 Å². The third-order valence-corrected chi connectivity index (χ3v) is 10.2. The van der Waals surface area contributed by atoms with Crippen LogP contribution in [0.15, 0.2) is 164 Å². The molecular weight excluding hydrogens is 855 g/mol. The normalized spacial score (nSPS) is 12.2. The smallest absolute Gasteiger partial charge is 0.0774 e. The number of para-hydroxylation sites is 3. The minimum atomic E-state index is -2.09. The Kier molecular flexibility index (Phi) is 9.75. The van der Waals surface area contributed by atoms with E-state index in [0.29, 0.717) is 0 Å². The average Bonchev–Trinajstić information content (AvgIpc) is 3.82. The number of benzene rings is 6. The number of nitrogens with zero attached hydrogens (tertiary/aromatic N) is 3. The van der Waals surface area contributed by atoms with E-state index < -0.39 is 6.85 Å². The Morgan fingerprint density at radius 2 is 1.39 bits per heavy atom. The molecule has 0 amide bonds. The molecule has 9 rings (SSSR count). The van der Waals surface area contributed by atoms with Crippen molar-refractivity contribution in [2.24, 2.45) is 0 Å². The van der Waals surface area contributed by atoms with E-state index in [4.69, 9.17) is 9.10 Å². The van der Waals surface area contributed by atoms with Crippen LogP contribution >= 0.6 is 11.3 Å². The van der Waals surface area contributed by atoms with Gasteiger partial charge >= 0.3 is 0 Å². The quantitative estimate of drug-likeness (QED) is 0.161. The van der Waals surface area contributed by atoms with Gasteiger partial charge in [0, 0.05) is 41.5 Å². The van der Waals surface area contributed by atoms with E-state index in [1.165, 1.54) is 44.1 Å². The van der Waals surface area contributed by atoms with E-state index in [2.05, 4.69) is 163 Å². The van der Waals surface area contributed by atoms with Crippen LogP contribution in [0, 0.1) is 18.3 Å². The topological polar surface area (TPSA) is 30.7 Å². The third kappa shape index (κ3) is 7.49. The molecule has 0 bridgehead atoms. The standard InChI is InChI=1S/C37H29N2S.C12H10N.Ir/c1-37(2,3)27-21-22-34-30(23-27)31(24-40-34)36-38-32-19-10-11-20-33(32)39(36)35-28(25-13-6-4-7-14-25)17-12-18-29(35)26-15-8-5-9-16-26;1-10-7-8-12(13-9-10)11-5-3-2-4-6-11;/h4-23H,1-3H3;2-5,7-9H,1H3;/q2*-1;/i;1D3;. The van der Waals surface area contributed by atoms with E-state index in [1.54, 1.807) is 29.5 Å². The van der Waals surface area contributed by atoms with Crippen LogP contribution in [0.4, 0.5) is 0 Å². The van der Waals surface area contributed by atoms with Crippen molar-refractivity contribution in [3.8, 4) is 50.6 Å². The van der Waals surface area contributed by atoms with Crippen molar-refractivity contribution in [1.82, 2.24) is 14.5 Å². The minimum Gasteiger partial charge on any atom is -0.332 e. The van der Waals surface area contributed by atoms with Crippen LogP contribution in [0.3, 0.4) is 0 Å². The van der Waals surface area contributed by atoms with E-state index in [0.717, 1.165) is 39.4 Å². The molecule has 3 aromatic heterocycles. The molecule has 1 radical (unpaired) electrons. The number of rotatable bonds is 5. The molecule has 0 aliphatic heterocycles. The fourth-order valence-electron chi connectivity index (χ4n) is 6.62. The molecule has 0 fully saturated rings. The molecule has 0 atom stereocenters. The Bertz CT molecular complexity index is 2700. The maximum absolute atomic E-state index is 7.23. The second-order valence-corrected chi connectivity index (χ2v) is 14.8. The predicted octanol–water partition coefficient (Wildman–Crippen LogP) is 13.2. The molecule has 6 aromatic carbocycles. The van der Waals surface area contributed by atoms with E-state index in [-0.39, 0.29) is 31.1 Å². The van der Waals surface area contributed by atoms with Crippen molar-refractivity contribution >= 4 is 32.5 Å². The van der Waals surface area contributed by atoms with Crippen molar-refractivity contribution in [3.05, 3.63) is 186 Å². The zero-order valence-electron chi connectivity index (χ0n) is 33.2. The Hall–Kier alpha value is -5.45. The maximum atomic E-state index is 7.23. The van der Waals surface area contributed by atoms with Crippen LogP contribution in [-0.2, 0) is 25.5 Å². The minimum absolute atomic E-state index is 0. The second-order valence-electron chi connectivity index (χ2n) is 13.9. The largest absolute Gasteiger partial charge is 0.332 e. The van der Waals surface area contributed by atoms with E-state index in [1.807, 2.05) is 18.2 Å². The Morgan fingerprint density at radius 1 is 0.704 bits per heavy atom. The molecule has 0 saturated heterocycles. The molecule has 267 valence electrons. The summed E-state index contributed by atoms with van der Waals surface area (Å²) in [6.45, 7) is 4.70. The van der Waals surface area contributed by atoms with Crippen molar-refractivity contribution in [2.45, 2.75) is 33.0 Å². The van der Waals surface area contributed by atoms with Gasteiger partial charge in [-0.3, -0.25) is 16.3 Å². The summed E-state index contributed by atoms with van der Waals surface area (Å²) in [5.41, 5.74) is 12.1. The van der Waals surface area contributed by atoms with Crippen molar-refractivity contribution < 1.29 is 24.2 Å². The number of imidazole rings is 1. The summed E-state index contributed by atoms with van der Waals surface area (Å²) in [6, 6.07) is 57.0. The summed E-state index contributed by atoms with van der Waals surface area (Å²) >= 11 is 1.66. The number of thiophene rings is 1. The first-order valence-corrected chi connectivity index (χ1v) is 18.5. The second kappa shape index (κ2) is 15.9. The first-order chi connectivity index (χ1) is 27.1. The number of aryl methyl sites for hydroxylation is 1.